The number of sulfonamides is 1. The van der Waals surface area contributed by atoms with Crippen LogP contribution in [0.15, 0.2) is 23.1 Å². The second-order valence-corrected chi connectivity index (χ2v) is 9.36. The molecule has 138 valence electrons. The van der Waals surface area contributed by atoms with E-state index < -0.39 is 10.0 Å². The highest BCUT2D eigenvalue weighted by Gasteiger charge is 2.32. The number of carbonyl (C=O) groups excluding carboxylic acids is 1. The van der Waals surface area contributed by atoms with Gasteiger partial charge in [0.05, 0.1) is 10.6 Å². The van der Waals surface area contributed by atoms with Gasteiger partial charge in [0.25, 0.3) is 5.91 Å². The molecule has 0 atom stereocenters. The van der Waals surface area contributed by atoms with E-state index in [1.165, 1.54) is 9.87 Å². The number of nitrogens with zero attached hydrogens (tertiary/aromatic N) is 4. The van der Waals surface area contributed by atoms with Gasteiger partial charge < -0.3 is 4.90 Å². The molecule has 0 spiro atoms. The Bertz CT molecular complexity index is 947. The smallest absolute Gasteiger partial charge is 0.267 e. The minimum absolute atomic E-state index is 0.118. The zero-order valence-electron chi connectivity index (χ0n) is 14.5. The third-order valence-corrected chi connectivity index (χ3v) is 7.79. The van der Waals surface area contributed by atoms with E-state index in [9.17, 15) is 13.2 Å². The van der Waals surface area contributed by atoms with Crippen molar-refractivity contribution in [1.29, 1.82) is 0 Å². The van der Waals surface area contributed by atoms with Crippen LogP contribution in [0.5, 0.6) is 0 Å². The summed E-state index contributed by atoms with van der Waals surface area (Å²) in [7, 11) is -3.52. The third-order valence-electron chi connectivity index (χ3n) is 5.08. The van der Waals surface area contributed by atoms with Crippen molar-refractivity contribution in [2.24, 2.45) is 0 Å². The van der Waals surface area contributed by atoms with Crippen LogP contribution in [0.3, 0.4) is 0 Å². The first kappa shape index (κ1) is 17.6. The average molecular weight is 393 g/mol. The van der Waals surface area contributed by atoms with Crippen LogP contribution in [0.4, 0.5) is 0 Å². The molecule has 1 fully saturated rings. The van der Waals surface area contributed by atoms with Crippen molar-refractivity contribution >= 4 is 27.5 Å². The Balaban J connectivity index is 1.47. The number of aromatic nitrogens is 2. The zero-order valence-corrected chi connectivity index (χ0v) is 16.1. The Morgan fingerprint density at radius 1 is 1.12 bits per heavy atom. The molecule has 2 heterocycles. The van der Waals surface area contributed by atoms with Gasteiger partial charge >= 0.3 is 0 Å². The maximum atomic E-state index is 13.0. The number of aryl methyl sites for hydroxylation is 3. The Morgan fingerprint density at radius 2 is 1.85 bits per heavy atom. The van der Waals surface area contributed by atoms with Gasteiger partial charge in [-0.25, -0.2) is 8.42 Å². The van der Waals surface area contributed by atoms with Crippen LogP contribution in [-0.2, 0) is 22.9 Å². The Kier molecular flexibility index (Phi) is 4.54. The van der Waals surface area contributed by atoms with Crippen LogP contribution >= 0.6 is 11.5 Å². The van der Waals surface area contributed by atoms with Crippen molar-refractivity contribution in [2.75, 3.05) is 26.2 Å². The quantitative estimate of drug-likeness (QED) is 0.790. The maximum absolute atomic E-state index is 13.0. The second kappa shape index (κ2) is 6.71. The fraction of sp³-hybridized carbons (Fsp3) is 0.471. The van der Waals surface area contributed by atoms with Gasteiger partial charge in [-0.3, -0.25) is 4.79 Å². The summed E-state index contributed by atoms with van der Waals surface area (Å²) in [5.74, 6) is -0.118. The number of benzene rings is 1. The summed E-state index contributed by atoms with van der Waals surface area (Å²) < 4.78 is 31.2. The predicted octanol–water partition coefficient (Wildman–Crippen LogP) is 1.48. The molecule has 0 radical (unpaired) electrons. The Hall–Kier alpha value is -1.84. The van der Waals surface area contributed by atoms with E-state index in [1.807, 2.05) is 12.1 Å². The van der Waals surface area contributed by atoms with E-state index in [0.717, 1.165) is 36.4 Å². The van der Waals surface area contributed by atoms with E-state index in [4.69, 9.17) is 0 Å². The molecule has 0 unspecified atom stereocenters. The number of carbonyl (C=O) groups is 1. The van der Waals surface area contributed by atoms with Gasteiger partial charge in [-0.15, -0.1) is 5.10 Å². The summed E-state index contributed by atoms with van der Waals surface area (Å²) in [4.78, 5) is 15.1. The zero-order chi connectivity index (χ0) is 18.3. The van der Waals surface area contributed by atoms with E-state index in [0.29, 0.717) is 41.6 Å². The summed E-state index contributed by atoms with van der Waals surface area (Å²) in [6, 6.07) is 5.47. The molecule has 1 aliphatic heterocycles. The topological polar surface area (TPSA) is 83.5 Å². The van der Waals surface area contributed by atoms with E-state index in [2.05, 4.69) is 9.59 Å². The van der Waals surface area contributed by atoms with Crippen molar-refractivity contribution in [3.8, 4) is 0 Å². The fourth-order valence-corrected chi connectivity index (χ4v) is 5.66. The first-order chi connectivity index (χ1) is 12.5. The van der Waals surface area contributed by atoms with Crippen LogP contribution in [0.2, 0.25) is 0 Å². The van der Waals surface area contributed by atoms with E-state index >= 15 is 0 Å². The van der Waals surface area contributed by atoms with Gasteiger partial charge in [0.2, 0.25) is 10.0 Å². The van der Waals surface area contributed by atoms with Crippen LogP contribution in [0.25, 0.3) is 0 Å². The van der Waals surface area contributed by atoms with Crippen molar-refractivity contribution < 1.29 is 13.2 Å². The lowest BCUT2D eigenvalue weighted by molar-refractivity contribution is 0.0702. The first-order valence-corrected chi connectivity index (χ1v) is 10.9. The lowest BCUT2D eigenvalue weighted by atomic mass is 10.1. The number of amides is 1. The molecule has 1 aliphatic carbocycles. The van der Waals surface area contributed by atoms with E-state index in [-0.39, 0.29) is 5.91 Å². The highest BCUT2D eigenvalue weighted by atomic mass is 32.2. The SMILES string of the molecule is Cc1nnsc1C(=O)N1CCN(S(=O)(=O)c2ccc3c(c2)CCC3)CC1. The standard InChI is InChI=1S/C17H20N4O3S2/c1-12-16(25-19-18-12)17(22)20-7-9-21(10-8-20)26(23,24)15-6-5-13-3-2-4-14(13)11-15/h5-6,11H,2-4,7-10H2,1H3. The number of hydrogen-bond acceptors (Lipinski definition) is 6. The lowest BCUT2D eigenvalue weighted by Crippen LogP contribution is -2.50. The fourth-order valence-electron chi connectivity index (χ4n) is 3.56. The van der Waals surface area contributed by atoms with Crippen LogP contribution in [0.1, 0.15) is 32.9 Å². The van der Waals surface area contributed by atoms with Gasteiger partial charge in [-0.1, -0.05) is 10.6 Å². The molecule has 0 N–H and O–H groups in total. The van der Waals surface area contributed by atoms with Gasteiger partial charge in [-0.05, 0) is 61.0 Å². The molecule has 0 saturated carbocycles. The minimum Gasteiger partial charge on any atom is -0.335 e. The Labute approximate surface area is 156 Å². The summed E-state index contributed by atoms with van der Waals surface area (Å²) in [5.41, 5.74) is 3.02. The largest absolute Gasteiger partial charge is 0.335 e. The normalized spacial score (nSPS) is 18.1. The van der Waals surface area contributed by atoms with Gasteiger partial charge in [-0.2, -0.15) is 4.31 Å². The maximum Gasteiger partial charge on any atom is 0.267 e. The van der Waals surface area contributed by atoms with Crippen molar-refractivity contribution in [2.45, 2.75) is 31.1 Å². The molecule has 2 aromatic rings. The van der Waals surface area contributed by atoms with Gasteiger partial charge in [0, 0.05) is 26.2 Å². The molecule has 1 amide bonds. The Morgan fingerprint density at radius 3 is 2.54 bits per heavy atom. The molecular weight excluding hydrogens is 372 g/mol. The van der Waals surface area contributed by atoms with Crippen LogP contribution < -0.4 is 0 Å². The number of rotatable bonds is 3. The first-order valence-electron chi connectivity index (χ1n) is 8.67. The van der Waals surface area contributed by atoms with Crippen molar-refractivity contribution in [1.82, 2.24) is 18.8 Å². The summed E-state index contributed by atoms with van der Waals surface area (Å²) in [6.45, 7) is 3.11. The summed E-state index contributed by atoms with van der Waals surface area (Å²) >= 11 is 1.08. The average Bonchev–Trinajstić information content (AvgIpc) is 3.29. The number of fused-ring (bicyclic) bond motifs is 1. The van der Waals surface area contributed by atoms with Gasteiger partial charge in [0.15, 0.2) is 0 Å². The molecule has 2 aliphatic rings. The highest BCUT2D eigenvalue weighted by molar-refractivity contribution is 7.89. The molecule has 1 saturated heterocycles. The second-order valence-electron chi connectivity index (χ2n) is 6.67. The third kappa shape index (κ3) is 3.04. The predicted molar refractivity (Wildman–Crippen MR) is 97.8 cm³/mol. The molecule has 0 bridgehead atoms. The molecule has 26 heavy (non-hydrogen) atoms. The molecular formula is C17H20N4O3S2. The summed E-state index contributed by atoms with van der Waals surface area (Å²) in [6.07, 6.45) is 3.07. The highest BCUT2D eigenvalue weighted by Crippen LogP contribution is 2.27. The lowest BCUT2D eigenvalue weighted by Gasteiger charge is -2.33. The van der Waals surface area contributed by atoms with Crippen molar-refractivity contribution in [3.63, 3.8) is 0 Å². The molecule has 1 aromatic carbocycles. The van der Waals surface area contributed by atoms with Gasteiger partial charge in [0.1, 0.15) is 4.88 Å². The number of hydrogen-bond donors (Lipinski definition) is 0. The summed E-state index contributed by atoms with van der Waals surface area (Å²) in [5, 5.41) is 3.87. The van der Waals surface area contributed by atoms with Crippen molar-refractivity contribution in [3.05, 3.63) is 39.9 Å². The molecule has 1 aromatic heterocycles. The molecule has 9 heteroatoms. The molecule has 7 nitrogen and oxygen atoms in total. The molecule has 4 rings (SSSR count). The van der Waals surface area contributed by atoms with Crippen LogP contribution in [0, 0.1) is 6.92 Å². The monoisotopic (exact) mass is 392 g/mol. The van der Waals surface area contributed by atoms with Crippen LogP contribution in [-0.4, -0.2) is 59.3 Å². The van der Waals surface area contributed by atoms with E-state index in [1.54, 1.807) is 17.9 Å². The minimum atomic E-state index is -3.52. The number of piperazine rings is 1.